The highest BCUT2D eigenvalue weighted by Gasteiger charge is 2.31. The van der Waals surface area contributed by atoms with Crippen molar-refractivity contribution in [2.45, 2.75) is 19.8 Å². The van der Waals surface area contributed by atoms with Gasteiger partial charge in [-0.2, -0.15) is 5.10 Å². The van der Waals surface area contributed by atoms with Gasteiger partial charge in [-0.1, -0.05) is 73.8 Å². The van der Waals surface area contributed by atoms with Gasteiger partial charge in [0.25, 0.3) is 0 Å². The lowest BCUT2D eigenvalue weighted by Gasteiger charge is -2.30. The van der Waals surface area contributed by atoms with Crippen molar-refractivity contribution in [3.63, 3.8) is 0 Å². The number of aromatic nitrogens is 2. The molecule has 0 saturated heterocycles. The van der Waals surface area contributed by atoms with E-state index in [9.17, 15) is 0 Å². The normalized spacial score (nSPS) is 11.9. The van der Waals surface area contributed by atoms with E-state index in [2.05, 4.69) is 67.3 Å². The minimum Gasteiger partial charge on any atom is -0.257 e. The Hall–Kier alpha value is -0.320. The molecule has 0 aliphatic rings. The minimum atomic E-state index is 0.0821. The van der Waals surface area contributed by atoms with Gasteiger partial charge in [0.1, 0.15) is 5.15 Å². The molecule has 21 heavy (non-hydrogen) atoms. The second-order valence-electron chi connectivity index (χ2n) is 5.58. The minimum absolute atomic E-state index is 0.0821. The molecule has 114 valence electrons. The number of hydrogen-bond donors (Lipinski definition) is 0. The van der Waals surface area contributed by atoms with Crippen molar-refractivity contribution in [2.75, 3.05) is 10.7 Å². The molecule has 0 aliphatic carbocycles. The summed E-state index contributed by atoms with van der Waals surface area (Å²) in [6.45, 7) is 2.02. The van der Waals surface area contributed by atoms with Crippen LogP contribution in [-0.4, -0.2) is 20.4 Å². The Kier molecular flexibility index (Phi) is 5.92. The molecule has 1 heterocycles. The Bertz CT molecular complexity index is 592. The van der Waals surface area contributed by atoms with Gasteiger partial charge >= 0.3 is 0 Å². The van der Waals surface area contributed by atoms with Crippen molar-refractivity contribution in [1.82, 2.24) is 9.78 Å². The first-order valence-corrected chi connectivity index (χ1v) is 9.47. The number of benzene rings is 1. The van der Waals surface area contributed by atoms with Crippen molar-refractivity contribution in [3.8, 4) is 0 Å². The van der Waals surface area contributed by atoms with Crippen molar-refractivity contribution in [2.24, 2.45) is 12.5 Å². The van der Waals surface area contributed by atoms with E-state index >= 15 is 0 Å². The fourth-order valence-corrected chi connectivity index (χ4v) is 4.53. The monoisotopic (exact) mass is 432 g/mol. The van der Waals surface area contributed by atoms with Crippen LogP contribution >= 0.6 is 43.5 Å². The van der Waals surface area contributed by atoms with E-state index in [0.717, 1.165) is 39.9 Å². The number of alkyl halides is 2. The molecule has 2 rings (SSSR count). The van der Waals surface area contributed by atoms with Crippen LogP contribution in [0, 0.1) is 12.3 Å². The lowest BCUT2D eigenvalue weighted by atomic mass is 9.80. The van der Waals surface area contributed by atoms with Gasteiger partial charge in [0.2, 0.25) is 0 Å². The van der Waals surface area contributed by atoms with Crippen LogP contribution < -0.4 is 0 Å². The second kappa shape index (κ2) is 7.30. The van der Waals surface area contributed by atoms with Crippen LogP contribution in [-0.2, 0) is 19.9 Å². The van der Waals surface area contributed by atoms with Crippen LogP contribution in [0.1, 0.15) is 16.8 Å². The number of rotatable bonds is 6. The molecule has 0 amide bonds. The zero-order valence-electron chi connectivity index (χ0n) is 12.2. The molecular weight excluding hydrogens is 415 g/mol. The van der Waals surface area contributed by atoms with Gasteiger partial charge in [0.05, 0.1) is 5.69 Å². The van der Waals surface area contributed by atoms with Crippen molar-refractivity contribution >= 4 is 43.5 Å². The Morgan fingerprint density at radius 2 is 1.76 bits per heavy atom. The molecule has 2 aromatic rings. The van der Waals surface area contributed by atoms with E-state index in [0.29, 0.717) is 0 Å². The molecule has 0 unspecified atom stereocenters. The number of nitrogens with zero attached hydrogens (tertiary/aromatic N) is 2. The van der Waals surface area contributed by atoms with Crippen LogP contribution in [0.5, 0.6) is 0 Å². The second-order valence-corrected chi connectivity index (χ2v) is 7.06. The van der Waals surface area contributed by atoms with Crippen LogP contribution in [0.25, 0.3) is 0 Å². The summed E-state index contributed by atoms with van der Waals surface area (Å²) >= 11 is 13.8. The molecule has 0 aliphatic heterocycles. The Morgan fingerprint density at radius 3 is 2.24 bits per heavy atom. The molecule has 0 atom stereocenters. The fraction of sp³-hybridized carbons (Fsp3) is 0.438. The third kappa shape index (κ3) is 3.91. The highest BCUT2D eigenvalue weighted by Crippen LogP contribution is 2.35. The number of aryl methyl sites for hydroxylation is 2. The van der Waals surface area contributed by atoms with Gasteiger partial charge in [-0.05, 0) is 30.7 Å². The third-order valence-corrected chi connectivity index (χ3v) is 6.66. The van der Waals surface area contributed by atoms with E-state index in [1.807, 2.05) is 14.0 Å². The van der Waals surface area contributed by atoms with Gasteiger partial charge in [0, 0.05) is 23.3 Å². The first-order chi connectivity index (χ1) is 10.0. The molecule has 0 bridgehead atoms. The van der Waals surface area contributed by atoms with Crippen LogP contribution in [0.3, 0.4) is 0 Å². The SMILES string of the molecule is Cc1nn(C)c(Cl)c1CC(CBr)(CBr)Cc1ccccc1. The summed E-state index contributed by atoms with van der Waals surface area (Å²) < 4.78 is 1.75. The average Bonchev–Trinajstić information content (AvgIpc) is 2.73. The molecule has 5 heteroatoms. The summed E-state index contributed by atoms with van der Waals surface area (Å²) in [6, 6.07) is 10.6. The summed E-state index contributed by atoms with van der Waals surface area (Å²) in [4.78, 5) is 0. The van der Waals surface area contributed by atoms with Crippen molar-refractivity contribution in [1.29, 1.82) is 0 Å². The van der Waals surface area contributed by atoms with Gasteiger partial charge in [-0.25, -0.2) is 0 Å². The Balaban J connectivity index is 2.30. The largest absolute Gasteiger partial charge is 0.257 e. The molecule has 0 spiro atoms. The van der Waals surface area contributed by atoms with E-state index in [1.54, 1.807) is 4.68 Å². The maximum atomic E-state index is 6.41. The maximum Gasteiger partial charge on any atom is 0.130 e. The van der Waals surface area contributed by atoms with Crippen LogP contribution in [0.2, 0.25) is 5.15 Å². The molecule has 0 N–H and O–H groups in total. The highest BCUT2D eigenvalue weighted by molar-refractivity contribution is 9.09. The molecule has 1 aromatic carbocycles. The maximum absolute atomic E-state index is 6.41. The first-order valence-electron chi connectivity index (χ1n) is 6.85. The molecule has 1 aromatic heterocycles. The number of halogens is 3. The molecule has 0 radical (unpaired) electrons. The summed E-state index contributed by atoms with van der Waals surface area (Å²) in [5.41, 5.74) is 3.59. The van der Waals surface area contributed by atoms with Gasteiger partial charge in [-0.15, -0.1) is 0 Å². The van der Waals surface area contributed by atoms with Crippen molar-refractivity contribution in [3.05, 3.63) is 52.3 Å². The summed E-state index contributed by atoms with van der Waals surface area (Å²) in [5.74, 6) is 0. The van der Waals surface area contributed by atoms with E-state index < -0.39 is 0 Å². The predicted molar refractivity (Wildman–Crippen MR) is 96.8 cm³/mol. The molecule has 2 nitrogen and oxygen atoms in total. The van der Waals surface area contributed by atoms with E-state index in [1.165, 1.54) is 5.56 Å². The summed E-state index contributed by atoms with van der Waals surface area (Å²) in [6.07, 6.45) is 1.89. The topological polar surface area (TPSA) is 17.8 Å². The van der Waals surface area contributed by atoms with Crippen LogP contribution in [0.15, 0.2) is 30.3 Å². The van der Waals surface area contributed by atoms with Gasteiger partial charge in [0.15, 0.2) is 0 Å². The zero-order chi connectivity index (χ0) is 15.5. The Morgan fingerprint density at radius 1 is 1.14 bits per heavy atom. The molecular formula is C16H19Br2ClN2. The lowest BCUT2D eigenvalue weighted by molar-refractivity contribution is 0.385. The highest BCUT2D eigenvalue weighted by atomic mass is 79.9. The van der Waals surface area contributed by atoms with Gasteiger partial charge in [-0.3, -0.25) is 4.68 Å². The third-order valence-electron chi connectivity index (χ3n) is 3.81. The van der Waals surface area contributed by atoms with Crippen molar-refractivity contribution < 1.29 is 0 Å². The predicted octanol–water partition coefficient (Wildman–Crippen LogP) is 4.94. The quantitative estimate of drug-likeness (QED) is 0.589. The number of hydrogen-bond acceptors (Lipinski definition) is 1. The standard InChI is InChI=1S/C16H19Br2ClN2/c1-12-14(15(19)21(2)20-12)9-16(10-17,11-18)8-13-6-4-3-5-7-13/h3-7H,8-11H2,1-2H3. The van der Waals surface area contributed by atoms with E-state index in [-0.39, 0.29) is 5.41 Å². The summed E-state index contributed by atoms with van der Waals surface area (Å²) in [7, 11) is 1.89. The average molecular weight is 435 g/mol. The molecule has 0 fully saturated rings. The smallest absolute Gasteiger partial charge is 0.130 e. The Labute approximate surface area is 148 Å². The van der Waals surface area contributed by atoms with Gasteiger partial charge < -0.3 is 0 Å². The van der Waals surface area contributed by atoms with E-state index in [4.69, 9.17) is 11.6 Å². The fourth-order valence-electron chi connectivity index (χ4n) is 2.57. The first kappa shape index (κ1) is 17.0. The molecule has 0 saturated carbocycles. The van der Waals surface area contributed by atoms with Crippen LogP contribution in [0.4, 0.5) is 0 Å². The zero-order valence-corrected chi connectivity index (χ0v) is 16.2. The lowest BCUT2D eigenvalue weighted by Crippen LogP contribution is -2.30. The summed E-state index contributed by atoms with van der Waals surface area (Å²) in [5, 5.41) is 6.98.